The Bertz CT molecular complexity index is 713. The molecule has 0 atom stereocenters. The van der Waals surface area contributed by atoms with Crippen molar-refractivity contribution in [3.05, 3.63) is 50.6 Å². The number of ether oxygens (including phenoxy) is 1. The van der Waals surface area contributed by atoms with Gasteiger partial charge in [-0.1, -0.05) is 12.1 Å². The number of rotatable bonds is 6. The van der Waals surface area contributed by atoms with E-state index in [1.807, 2.05) is 43.3 Å². The average Bonchev–Trinajstić information content (AvgIpc) is 2.99. The molecule has 2 aromatic rings. The van der Waals surface area contributed by atoms with Gasteiger partial charge in [-0.25, -0.2) is 4.79 Å². The number of thiophene rings is 1. The normalized spacial score (nSPS) is 10.3. The Hall–Kier alpha value is -1.86. The summed E-state index contributed by atoms with van der Waals surface area (Å²) in [6, 6.07) is 11.4. The Morgan fingerprint density at radius 1 is 1.08 bits per heavy atom. The topological polar surface area (TPSA) is 49.9 Å². The van der Waals surface area contributed by atoms with Crippen LogP contribution >= 0.6 is 27.3 Å². The molecule has 2 rings (SSSR count). The summed E-state index contributed by atoms with van der Waals surface area (Å²) in [5.74, 6) is -0.724. The Balaban J connectivity index is 1.84. The smallest absolute Gasteiger partial charge is 0.348 e. The van der Waals surface area contributed by atoms with Gasteiger partial charge in [-0.2, -0.15) is 0 Å². The lowest BCUT2D eigenvalue weighted by Crippen LogP contribution is -2.30. The van der Waals surface area contributed by atoms with Gasteiger partial charge in [0.25, 0.3) is 5.91 Å². The summed E-state index contributed by atoms with van der Waals surface area (Å²) in [5.41, 5.74) is 2.12. The first-order chi connectivity index (χ1) is 11.4. The Morgan fingerprint density at radius 3 is 2.29 bits per heavy atom. The van der Waals surface area contributed by atoms with E-state index in [1.54, 1.807) is 24.1 Å². The summed E-state index contributed by atoms with van der Waals surface area (Å²) in [6.45, 7) is 0.204. The van der Waals surface area contributed by atoms with E-state index in [9.17, 15) is 9.59 Å². The highest BCUT2D eigenvalue weighted by Gasteiger charge is 2.15. The average molecular weight is 411 g/mol. The molecule has 1 amide bonds. The zero-order valence-corrected chi connectivity index (χ0v) is 16.2. The quantitative estimate of drug-likeness (QED) is 0.684. The number of carbonyl (C=O) groups is 2. The maximum atomic E-state index is 12.1. The van der Waals surface area contributed by atoms with E-state index in [0.29, 0.717) is 11.4 Å². The predicted molar refractivity (Wildman–Crippen MR) is 99.5 cm³/mol. The Morgan fingerprint density at radius 2 is 1.75 bits per heavy atom. The summed E-state index contributed by atoms with van der Waals surface area (Å²) >= 11 is 4.56. The molecule has 0 aliphatic carbocycles. The molecule has 1 aromatic heterocycles. The monoisotopic (exact) mass is 410 g/mol. The van der Waals surface area contributed by atoms with Crippen LogP contribution in [-0.2, 0) is 16.1 Å². The molecule has 0 bridgehead atoms. The molecular weight excluding hydrogens is 392 g/mol. The van der Waals surface area contributed by atoms with Gasteiger partial charge in [0.05, 0.1) is 3.79 Å². The lowest BCUT2D eigenvalue weighted by molar-refractivity contribution is -0.133. The highest BCUT2D eigenvalue weighted by Crippen LogP contribution is 2.22. The van der Waals surface area contributed by atoms with E-state index in [2.05, 4.69) is 15.9 Å². The summed E-state index contributed by atoms with van der Waals surface area (Å²) in [7, 11) is 5.65. The molecule has 0 saturated heterocycles. The molecule has 1 aromatic carbocycles. The van der Waals surface area contributed by atoms with Crippen molar-refractivity contribution in [1.29, 1.82) is 0 Å². The summed E-state index contributed by atoms with van der Waals surface area (Å²) in [5, 5.41) is 0. The molecule has 0 aliphatic rings. The molecule has 24 heavy (non-hydrogen) atoms. The first-order valence-electron chi connectivity index (χ1n) is 7.29. The molecule has 128 valence electrons. The first kappa shape index (κ1) is 18.5. The molecule has 0 unspecified atom stereocenters. The second-order valence-corrected chi connectivity index (χ2v) is 7.95. The van der Waals surface area contributed by atoms with Gasteiger partial charge in [-0.3, -0.25) is 4.79 Å². The molecule has 0 spiro atoms. The third kappa shape index (κ3) is 5.07. The largest absolute Gasteiger partial charge is 0.451 e. The summed E-state index contributed by atoms with van der Waals surface area (Å²) in [6.07, 6.45) is 0. The van der Waals surface area contributed by atoms with Gasteiger partial charge in [0.2, 0.25) is 0 Å². The second kappa shape index (κ2) is 8.30. The van der Waals surface area contributed by atoms with Crippen LogP contribution in [0, 0.1) is 0 Å². The van der Waals surface area contributed by atoms with Crippen molar-refractivity contribution in [1.82, 2.24) is 4.90 Å². The third-order valence-corrected chi connectivity index (χ3v) is 5.00. The van der Waals surface area contributed by atoms with E-state index < -0.39 is 5.97 Å². The minimum absolute atomic E-state index is 0.240. The zero-order chi connectivity index (χ0) is 17.7. The lowest BCUT2D eigenvalue weighted by atomic mass is 10.2. The molecule has 5 nitrogen and oxygen atoms in total. The highest BCUT2D eigenvalue weighted by atomic mass is 79.9. The van der Waals surface area contributed by atoms with E-state index in [0.717, 1.165) is 15.0 Å². The van der Waals surface area contributed by atoms with Gasteiger partial charge in [-0.05, 0) is 45.8 Å². The third-order valence-electron chi connectivity index (χ3n) is 3.40. The molecule has 0 N–H and O–H groups in total. The number of amides is 1. The van der Waals surface area contributed by atoms with Crippen molar-refractivity contribution in [2.75, 3.05) is 32.6 Å². The van der Waals surface area contributed by atoms with Crippen LogP contribution in [0.2, 0.25) is 0 Å². The van der Waals surface area contributed by atoms with Crippen molar-refractivity contribution >= 4 is 44.8 Å². The molecule has 0 aliphatic heterocycles. The fourth-order valence-electron chi connectivity index (χ4n) is 1.99. The number of hydrogen-bond acceptors (Lipinski definition) is 5. The van der Waals surface area contributed by atoms with Crippen LogP contribution < -0.4 is 4.90 Å². The van der Waals surface area contributed by atoms with Crippen molar-refractivity contribution in [2.45, 2.75) is 6.54 Å². The van der Waals surface area contributed by atoms with Crippen molar-refractivity contribution in [3.63, 3.8) is 0 Å². The SMILES string of the molecule is CN(Cc1ccc(N(C)C)cc1)C(=O)COC(=O)c1ccc(Br)s1. The number of anilines is 1. The molecule has 7 heteroatoms. The number of esters is 1. The van der Waals surface area contributed by atoms with Gasteiger partial charge in [-0.15, -0.1) is 11.3 Å². The maximum absolute atomic E-state index is 12.1. The molecule has 0 saturated carbocycles. The van der Waals surface area contributed by atoms with Gasteiger partial charge < -0.3 is 14.5 Å². The van der Waals surface area contributed by atoms with E-state index in [-0.39, 0.29) is 12.5 Å². The lowest BCUT2D eigenvalue weighted by Gasteiger charge is -2.18. The van der Waals surface area contributed by atoms with E-state index in [4.69, 9.17) is 4.74 Å². The molecule has 0 radical (unpaired) electrons. The van der Waals surface area contributed by atoms with Crippen molar-refractivity contribution in [3.8, 4) is 0 Å². The van der Waals surface area contributed by atoms with Crippen LogP contribution in [-0.4, -0.2) is 44.5 Å². The van der Waals surface area contributed by atoms with E-state index in [1.165, 1.54) is 11.3 Å². The highest BCUT2D eigenvalue weighted by molar-refractivity contribution is 9.11. The molecule has 1 heterocycles. The Kier molecular flexibility index (Phi) is 6.39. The standard InChI is InChI=1S/C17H19BrN2O3S/c1-19(2)13-6-4-12(5-7-13)10-20(3)16(21)11-23-17(22)14-8-9-15(18)24-14/h4-9H,10-11H2,1-3H3. The fraction of sp³-hybridized carbons (Fsp3) is 0.294. The van der Waals surface area contributed by atoms with Crippen LogP contribution in [0.4, 0.5) is 5.69 Å². The number of halogens is 1. The first-order valence-corrected chi connectivity index (χ1v) is 8.90. The number of carbonyl (C=O) groups excluding carboxylic acids is 2. The van der Waals surface area contributed by atoms with Crippen LogP contribution in [0.3, 0.4) is 0 Å². The number of hydrogen-bond donors (Lipinski definition) is 0. The van der Waals surface area contributed by atoms with E-state index >= 15 is 0 Å². The number of likely N-dealkylation sites (N-methyl/N-ethyl adjacent to an activating group) is 1. The maximum Gasteiger partial charge on any atom is 0.348 e. The number of benzene rings is 1. The number of nitrogens with zero attached hydrogens (tertiary/aromatic N) is 2. The van der Waals surface area contributed by atoms with Gasteiger partial charge in [0.1, 0.15) is 4.88 Å². The molecule has 0 fully saturated rings. The van der Waals surface area contributed by atoms with Gasteiger partial charge >= 0.3 is 5.97 Å². The van der Waals surface area contributed by atoms with Gasteiger partial charge in [0, 0.05) is 33.4 Å². The minimum Gasteiger partial charge on any atom is -0.451 e. The molecular formula is C17H19BrN2O3S. The zero-order valence-electron chi connectivity index (χ0n) is 13.8. The summed E-state index contributed by atoms with van der Waals surface area (Å²) < 4.78 is 5.91. The van der Waals surface area contributed by atoms with Crippen LogP contribution in [0.1, 0.15) is 15.2 Å². The predicted octanol–water partition coefficient (Wildman–Crippen LogP) is 3.39. The summed E-state index contributed by atoms with van der Waals surface area (Å²) in [4.78, 5) is 28.0. The van der Waals surface area contributed by atoms with Crippen LogP contribution in [0.5, 0.6) is 0 Å². The minimum atomic E-state index is -0.484. The van der Waals surface area contributed by atoms with Crippen LogP contribution in [0.15, 0.2) is 40.2 Å². The van der Waals surface area contributed by atoms with Crippen molar-refractivity contribution in [2.24, 2.45) is 0 Å². The Labute approximate surface area is 154 Å². The second-order valence-electron chi connectivity index (χ2n) is 5.49. The fourth-order valence-corrected chi connectivity index (χ4v) is 3.27. The van der Waals surface area contributed by atoms with Crippen LogP contribution in [0.25, 0.3) is 0 Å². The van der Waals surface area contributed by atoms with Crippen molar-refractivity contribution < 1.29 is 14.3 Å². The van der Waals surface area contributed by atoms with Gasteiger partial charge in [0.15, 0.2) is 6.61 Å².